The van der Waals surface area contributed by atoms with Crippen LogP contribution in [0.1, 0.15) is 17.2 Å². The molecule has 3 rings (SSSR count). The number of hydrogen-bond acceptors (Lipinski definition) is 2. The molecule has 0 spiro atoms. The minimum absolute atomic E-state index is 0.419. The van der Waals surface area contributed by atoms with Crippen molar-refractivity contribution in [1.82, 2.24) is 4.98 Å². The van der Waals surface area contributed by atoms with Crippen molar-refractivity contribution in [2.45, 2.75) is 5.92 Å². The quantitative estimate of drug-likeness (QED) is 0.719. The van der Waals surface area contributed by atoms with Gasteiger partial charge in [0, 0.05) is 37.1 Å². The molecule has 0 amide bonds. The highest BCUT2D eigenvalue weighted by Crippen LogP contribution is 2.37. The summed E-state index contributed by atoms with van der Waals surface area (Å²) in [7, 11) is 2.14. The summed E-state index contributed by atoms with van der Waals surface area (Å²) in [5.74, 6) is 0.419. The fourth-order valence-corrected chi connectivity index (χ4v) is 2.44. The van der Waals surface area contributed by atoms with Crippen LogP contribution in [0.2, 0.25) is 0 Å². The third-order valence-electron chi connectivity index (χ3n) is 3.22. The van der Waals surface area contributed by atoms with Gasteiger partial charge in [-0.3, -0.25) is 4.98 Å². The molecule has 2 nitrogen and oxygen atoms in total. The van der Waals surface area contributed by atoms with E-state index in [0.717, 1.165) is 6.54 Å². The Bertz CT molecular complexity index is 493. The minimum Gasteiger partial charge on any atom is -0.373 e. The molecule has 0 radical (unpaired) electrons. The maximum Gasteiger partial charge on any atom is 0.0496 e. The van der Waals surface area contributed by atoms with Crippen LogP contribution >= 0.6 is 0 Å². The first kappa shape index (κ1) is 9.40. The Labute approximate surface area is 95.6 Å². The fourth-order valence-electron chi connectivity index (χ4n) is 2.44. The van der Waals surface area contributed by atoms with E-state index in [1.807, 2.05) is 12.3 Å². The molecule has 2 aromatic rings. The molecule has 1 atom stereocenters. The lowest BCUT2D eigenvalue weighted by Gasteiger charge is -2.12. The van der Waals surface area contributed by atoms with Gasteiger partial charge >= 0.3 is 0 Å². The number of rotatable bonds is 1. The van der Waals surface area contributed by atoms with Crippen LogP contribution in [0.4, 0.5) is 5.69 Å². The Kier molecular flexibility index (Phi) is 2.13. The number of fused-ring (bicyclic) bond motifs is 1. The highest BCUT2D eigenvalue weighted by atomic mass is 15.1. The molecule has 0 N–H and O–H groups in total. The van der Waals surface area contributed by atoms with E-state index in [4.69, 9.17) is 0 Å². The van der Waals surface area contributed by atoms with E-state index in [-0.39, 0.29) is 0 Å². The Morgan fingerprint density at radius 1 is 1.12 bits per heavy atom. The van der Waals surface area contributed by atoms with E-state index in [9.17, 15) is 0 Å². The minimum atomic E-state index is 0.419. The lowest BCUT2D eigenvalue weighted by Crippen LogP contribution is -2.16. The Hall–Kier alpha value is -1.83. The molecule has 0 saturated heterocycles. The topological polar surface area (TPSA) is 16.1 Å². The van der Waals surface area contributed by atoms with Crippen molar-refractivity contribution in [3.05, 3.63) is 59.9 Å². The van der Waals surface area contributed by atoms with E-state index in [0.29, 0.717) is 5.92 Å². The molecule has 1 aromatic carbocycles. The van der Waals surface area contributed by atoms with Crippen LogP contribution in [0.5, 0.6) is 0 Å². The molecule has 1 aliphatic heterocycles. The number of aromatic nitrogens is 1. The Morgan fingerprint density at radius 3 is 2.75 bits per heavy atom. The highest BCUT2D eigenvalue weighted by molar-refractivity contribution is 5.61. The number of hydrogen-bond donors (Lipinski definition) is 0. The molecule has 80 valence electrons. The van der Waals surface area contributed by atoms with E-state index >= 15 is 0 Å². The maximum atomic E-state index is 4.47. The maximum absolute atomic E-state index is 4.47. The van der Waals surface area contributed by atoms with Gasteiger partial charge in [0.2, 0.25) is 0 Å². The highest BCUT2D eigenvalue weighted by Gasteiger charge is 2.27. The molecule has 2 heterocycles. The average Bonchev–Trinajstić information content (AvgIpc) is 2.69. The fraction of sp³-hybridized carbons (Fsp3) is 0.214. The largest absolute Gasteiger partial charge is 0.373 e. The van der Waals surface area contributed by atoms with Crippen LogP contribution < -0.4 is 4.90 Å². The van der Waals surface area contributed by atoms with Crippen molar-refractivity contribution < 1.29 is 0 Å². The van der Waals surface area contributed by atoms with Gasteiger partial charge in [-0.2, -0.15) is 0 Å². The van der Waals surface area contributed by atoms with Gasteiger partial charge in [-0.1, -0.05) is 24.3 Å². The zero-order chi connectivity index (χ0) is 11.0. The molecule has 1 aliphatic rings. The van der Waals surface area contributed by atoms with Crippen molar-refractivity contribution in [1.29, 1.82) is 0 Å². The monoisotopic (exact) mass is 210 g/mol. The van der Waals surface area contributed by atoms with Crippen LogP contribution in [-0.4, -0.2) is 18.6 Å². The summed E-state index contributed by atoms with van der Waals surface area (Å²) in [5, 5.41) is 0. The van der Waals surface area contributed by atoms with Crippen molar-refractivity contribution in [3.63, 3.8) is 0 Å². The van der Waals surface area contributed by atoms with Crippen LogP contribution in [-0.2, 0) is 0 Å². The van der Waals surface area contributed by atoms with Gasteiger partial charge in [0.05, 0.1) is 0 Å². The first-order chi connectivity index (χ1) is 7.86. The first-order valence-electron chi connectivity index (χ1n) is 5.57. The van der Waals surface area contributed by atoms with Crippen molar-refractivity contribution in [2.75, 3.05) is 18.5 Å². The van der Waals surface area contributed by atoms with E-state index in [1.165, 1.54) is 16.9 Å². The molecule has 2 heteroatoms. The number of pyridine rings is 1. The molecule has 1 unspecified atom stereocenters. The lowest BCUT2D eigenvalue weighted by atomic mass is 9.97. The van der Waals surface area contributed by atoms with Crippen LogP contribution in [0, 0.1) is 0 Å². The summed E-state index contributed by atoms with van der Waals surface area (Å²) in [6, 6.07) is 14.7. The normalized spacial score (nSPS) is 18.6. The van der Waals surface area contributed by atoms with Gasteiger partial charge < -0.3 is 4.90 Å². The van der Waals surface area contributed by atoms with Crippen molar-refractivity contribution in [3.8, 4) is 0 Å². The molecule has 0 bridgehead atoms. The molecule has 0 fully saturated rings. The molecule has 0 saturated carbocycles. The van der Waals surface area contributed by atoms with Gasteiger partial charge in [0.15, 0.2) is 0 Å². The number of anilines is 1. The smallest absolute Gasteiger partial charge is 0.0496 e. The first-order valence-corrected chi connectivity index (χ1v) is 5.57. The number of para-hydroxylation sites is 1. The van der Waals surface area contributed by atoms with Gasteiger partial charge in [-0.15, -0.1) is 0 Å². The second-order valence-corrected chi connectivity index (χ2v) is 4.25. The van der Waals surface area contributed by atoms with Crippen molar-refractivity contribution >= 4 is 5.69 Å². The zero-order valence-electron chi connectivity index (χ0n) is 9.30. The average molecular weight is 210 g/mol. The molecule has 1 aromatic heterocycles. The zero-order valence-corrected chi connectivity index (χ0v) is 9.30. The Balaban J connectivity index is 2.07. The Morgan fingerprint density at radius 2 is 1.94 bits per heavy atom. The standard InChI is InChI=1S/C14H14N2/c1-16-10-12(13-7-4-5-9-15-13)11-6-2-3-8-14(11)16/h2-9,12H,10H2,1H3. The summed E-state index contributed by atoms with van der Waals surface area (Å²) in [4.78, 5) is 6.77. The summed E-state index contributed by atoms with van der Waals surface area (Å²) in [6.45, 7) is 1.02. The van der Waals surface area contributed by atoms with Crippen LogP contribution in [0.25, 0.3) is 0 Å². The van der Waals surface area contributed by atoms with E-state index in [2.05, 4.69) is 53.3 Å². The lowest BCUT2D eigenvalue weighted by molar-refractivity contribution is 0.807. The summed E-state index contributed by atoms with van der Waals surface area (Å²) in [6.07, 6.45) is 1.87. The second kappa shape index (κ2) is 3.63. The summed E-state index contributed by atoms with van der Waals surface area (Å²) >= 11 is 0. The molecule has 0 aliphatic carbocycles. The predicted octanol–water partition coefficient (Wildman–Crippen LogP) is 2.66. The second-order valence-electron chi connectivity index (χ2n) is 4.25. The number of benzene rings is 1. The number of likely N-dealkylation sites (N-methyl/N-ethyl adjacent to an activating group) is 1. The van der Waals surface area contributed by atoms with Gasteiger partial charge in [-0.05, 0) is 23.8 Å². The SMILES string of the molecule is CN1CC(c2ccccn2)c2ccccc21. The number of nitrogens with zero attached hydrogens (tertiary/aromatic N) is 2. The van der Waals surface area contributed by atoms with E-state index in [1.54, 1.807) is 0 Å². The molecule has 16 heavy (non-hydrogen) atoms. The van der Waals surface area contributed by atoms with Crippen molar-refractivity contribution in [2.24, 2.45) is 0 Å². The summed E-state index contributed by atoms with van der Waals surface area (Å²) in [5.41, 5.74) is 3.89. The molecular weight excluding hydrogens is 196 g/mol. The van der Waals surface area contributed by atoms with Gasteiger partial charge in [-0.25, -0.2) is 0 Å². The third-order valence-corrected chi connectivity index (χ3v) is 3.22. The predicted molar refractivity (Wildman–Crippen MR) is 65.8 cm³/mol. The van der Waals surface area contributed by atoms with Crippen LogP contribution in [0.3, 0.4) is 0 Å². The third kappa shape index (κ3) is 1.38. The van der Waals surface area contributed by atoms with Gasteiger partial charge in [0.25, 0.3) is 0 Å². The van der Waals surface area contributed by atoms with Gasteiger partial charge in [0.1, 0.15) is 0 Å². The molecular formula is C14H14N2. The van der Waals surface area contributed by atoms with Crippen LogP contribution in [0.15, 0.2) is 48.7 Å². The van der Waals surface area contributed by atoms with E-state index < -0.39 is 0 Å². The summed E-state index contributed by atoms with van der Waals surface area (Å²) < 4.78 is 0.